The summed E-state index contributed by atoms with van der Waals surface area (Å²) in [5, 5.41) is 3.95. The Morgan fingerprint density at radius 1 is 1.03 bits per heavy atom. The number of likely N-dealkylation sites (tertiary alicyclic amines) is 1. The van der Waals surface area contributed by atoms with E-state index >= 15 is 0 Å². The van der Waals surface area contributed by atoms with Crippen LogP contribution in [0, 0.1) is 24.6 Å². The molecule has 1 saturated carbocycles. The Balaban J connectivity index is 1.43. The van der Waals surface area contributed by atoms with E-state index in [1.54, 1.807) is 13.1 Å². The van der Waals surface area contributed by atoms with Gasteiger partial charge in [-0.2, -0.15) is 0 Å². The minimum absolute atomic E-state index is 0.0609. The standard InChI is InChI=1S/C33H42FN3O2/c1-22-10-7-8-14-27(22)30-21-36(31-16-15-25(34)18-29(30)31)20-26-13-9-17-37(26)33(39)28(19-32(38)23(2)35-3)24-11-5-4-6-12-24/h7-8,10,14-16,18,21,23-24,26,28,35H,4-6,9,11-13,17,19-20H2,1-3H3. The first-order chi connectivity index (χ1) is 18.9. The number of amides is 1. The van der Waals surface area contributed by atoms with Gasteiger partial charge in [-0.3, -0.25) is 9.59 Å². The highest BCUT2D eigenvalue weighted by molar-refractivity contribution is 5.97. The molecule has 5 nitrogen and oxygen atoms in total. The molecule has 2 aromatic carbocycles. The molecule has 2 heterocycles. The molecule has 6 heteroatoms. The van der Waals surface area contributed by atoms with Crippen molar-refractivity contribution in [3.05, 3.63) is 60.0 Å². The quantitative estimate of drug-likeness (QED) is 0.342. The van der Waals surface area contributed by atoms with E-state index in [1.165, 1.54) is 12.5 Å². The van der Waals surface area contributed by atoms with E-state index in [-0.39, 0.29) is 41.4 Å². The smallest absolute Gasteiger partial charge is 0.226 e. The Morgan fingerprint density at radius 2 is 1.79 bits per heavy atom. The van der Waals surface area contributed by atoms with Crippen molar-refractivity contribution in [2.24, 2.45) is 11.8 Å². The topological polar surface area (TPSA) is 54.3 Å². The van der Waals surface area contributed by atoms with Gasteiger partial charge in [0.2, 0.25) is 5.91 Å². The van der Waals surface area contributed by atoms with E-state index in [0.29, 0.717) is 13.0 Å². The number of hydrogen-bond acceptors (Lipinski definition) is 3. The third-order valence-electron chi connectivity index (χ3n) is 9.22. The monoisotopic (exact) mass is 531 g/mol. The van der Waals surface area contributed by atoms with Crippen LogP contribution in [0.4, 0.5) is 4.39 Å². The first kappa shape index (κ1) is 27.6. The average molecular weight is 532 g/mol. The van der Waals surface area contributed by atoms with Gasteiger partial charge in [-0.25, -0.2) is 4.39 Å². The summed E-state index contributed by atoms with van der Waals surface area (Å²) in [4.78, 5) is 29.2. The second kappa shape index (κ2) is 12.0. The number of halogens is 1. The van der Waals surface area contributed by atoms with Crippen LogP contribution in [-0.2, 0) is 16.1 Å². The largest absolute Gasteiger partial charge is 0.345 e. The van der Waals surface area contributed by atoms with Crippen molar-refractivity contribution in [2.45, 2.75) is 83.8 Å². The van der Waals surface area contributed by atoms with Gasteiger partial charge in [0, 0.05) is 54.1 Å². The molecule has 2 aliphatic rings. The molecular formula is C33H42FN3O2. The van der Waals surface area contributed by atoms with Gasteiger partial charge in [0.1, 0.15) is 11.6 Å². The van der Waals surface area contributed by atoms with Crippen LogP contribution in [0.15, 0.2) is 48.7 Å². The fourth-order valence-corrected chi connectivity index (χ4v) is 6.81. The van der Waals surface area contributed by atoms with E-state index in [1.807, 2.05) is 25.1 Å². The maximum absolute atomic E-state index is 14.4. The fraction of sp³-hybridized carbons (Fsp3) is 0.515. The van der Waals surface area contributed by atoms with Crippen LogP contribution in [0.2, 0.25) is 0 Å². The van der Waals surface area contributed by atoms with Crippen LogP contribution in [-0.4, -0.2) is 46.8 Å². The highest BCUT2D eigenvalue weighted by atomic mass is 19.1. The van der Waals surface area contributed by atoms with Crippen LogP contribution in [0.3, 0.4) is 0 Å². The van der Waals surface area contributed by atoms with Gasteiger partial charge in [-0.15, -0.1) is 0 Å². The summed E-state index contributed by atoms with van der Waals surface area (Å²) in [6, 6.07) is 13.0. The zero-order chi connectivity index (χ0) is 27.5. The third-order valence-corrected chi connectivity index (χ3v) is 9.22. The first-order valence-electron chi connectivity index (χ1n) is 14.7. The van der Waals surface area contributed by atoms with Crippen molar-refractivity contribution >= 4 is 22.6 Å². The summed E-state index contributed by atoms with van der Waals surface area (Å²) in [6.45, 7) is 5.37. The molecular weight excluding hydrogens is 489 g/mol. The molecule has 3 unspecified atom stereocenters. The van der Waals surface area contributed by atoms with Crippen molar-refractivity contribution in [1.82, 2.24) is 14.8 Å². The Kier molecular flexibility index (Phi) is 8.51. The molecule has 1 aliphatic carbocycles. The number of likely N-dealkylation sites (N-methyl/N-ethyl adjacent to an activating group) is 1. The predicted molar refractivity (Wildman–Crippen MR) is 155 cm³/mol. The lowest BCUT2D eigenvalue weighted by molar-refractivity contribution is -0.141. The van der Waals surface area contributed by atoms with Crippen molar-refractivity contribution in [3.63, 3.8) is 0 Å². The van der Waals surface area contributed by atoms with Gasteiger partial charge in [-0.05, 0) is 81.8 Å². The third kappa shape index (κ3) is 5.81. The van der Waals surface area contributed by atoms with Crippen molar-refractivity contribution in [2.75, 3.05) is 13.6 Å². The Bertz CT molecular complexity index is 1330. The number of rotatable bonds is 9. The lowest BCUT2D eigenvalue weighted by Crippen LogP contribution is -2.45. The zero-order valence-corrected chi connectivity index (χ0v) is 23.6. The molecule has 5 rings (SSSR count). The predicted octanol–water partition coefficient (Wildman–Crippen LogP) is 6.51. The molecule has 0 bridgehead atoms. The number of nitrogens with zero attached hydrogens (tertiary/aromatic N) is 2. The maximum Gasteiger partial charge on any atom is 0.226 e. The minimum atomic E-state index is -0.247. The summed E-state index contributed by atoms with van der Waals surface area (Å²) in [7, 11) is 1.80. The van der Waals surface area contributed by atoms with Crippen molar-refractivity contribution in [1.29, 1.82) is 0 Å². The molecule has 0 spiro atoms. The normalized spacial score (nSPS) is 19.9. The van der Waals surface area contributed by atoms with E-state index in [9.17, 15) is 14.0 Å². The average Bonchev–Trinajstić information content (AvgIpc) is 3.56. The summed E-state index contributed by atoms with van der Waals surface area (Å²) in [5.41, 5.74) is 4.25. The van der Waals surface area contributed by atoms with Gasteiger partial charge in [0.05, 0.1) is 6.04 Å². The summed E-state index contributed by atoms with van der Waals surface area (Å²) >= 11 is 0. The molecule has 3 aromatic rings. The molecule has 1 aliphatic heterocycles. The number of nitrogens with one attached hydrogen (secondary N) is 1. The second-order valence-electron chi connectivity index (χ2n) is 11.7. The molecule has 1 amide bonds. The Morgan fingerprint density at radius 3 is 2.54 bits per heavy atom. The van der Waals surface area contributed by atoms with Gasteiger partial charge in [0.15, 0.2) is 0 Å². The van der Waals surface area contributed by atoms with Crippen LogP contribution < -0.4 is 5.32 Å². The maximum atomic E-state index is 14.4. The Labute approximate surface area is 231 Å². The zero-order valence-electron chi connectivity index (χ0n) is 23.6. The molecule has 0 radical (unpaired) electrons. The van der Waals surface area contributed by atoms with Crippen LogP contribution in [0.25, 0.3) is 22.0 Å². The first-order valence-corrected chi connectivity index (χ1v) is 14.7. The highest BCUT2D eigenvalue weighted by Crippen LogP contribution is 2.37. The molecule has 3 atom stereocenters. The molecule has 39 heavy (non-hydrogen) atoms. The number of benzene rings is 2. The van der Waals surface area contributed by atoms with Crippen molar-refractivity contribution in [3.8, 4) is 11.1 Å². The lowest BCUT2D eigenvalue weighted by Gasteiger charge is -2.35. The minimum Gasteiger partial charge on any atom is -0.345 e. The lowest BCUT2D eigenvalue weighted by atomic mass is 9.76. The number of aromatic nitrogens is 1. The number of fused-ring (bicyclic) bond motifs is 1. The summed E-state index contributed by atoms with van der Waals surface area (Å²) in [5.74, 6) is 0.0699. The number of aryl methyl sites for hydroxylation is 1. The number of ketones is 1. The highest BCUT2D eigenvalue weighted by Gasteiger charge is 2.39. The number of carbonyl (C=O) groups is 2. The fourth-order valence-electron chi connectivity index (χ4n) is 6.81. The summed E-state index contributed by atoms with van der Waals surface area (Å²) < 4.78 is 16.6. The van der Waals surface area contributed by atoms with Gasteiger partial charge < -0.3 is 14.8 Å². The van der Waals surface area contributed by atoms with Crippen LogP contribution >= 0.6 is 0 Å². The number of carbonyl (C=O) groups excluding carboxylic acids is 2. The molecule has 208 valence electrons. The van der Waals surface area contributed by atoms with E-state index < -0.39 is 0 Å². The summed E-state index contributed by atoms with van der Waals surface area (Å²) in [6.07, 6.45) is 9.91. The Hall–Kier alpha value is -2.99. The van der Waals surface area contributed by atoms with Gasteiger partial charge in [0.25, 0.3) is 0 Å². The van der Waals surface area contributed by atoms with Crippen LogP contribution in [0.1, 0.15) is 63.9 Å². The molecule has 1 saturated heterocycles. The molecule has 1 aromatic heterocycles. The SMILES string of the molecule is CNC(C)C(=O)CC(C(=O)N1CCCC1Cn1cc(-c2ccccc2C)c2cc(F)ccc21)C1CCCCC1. The second-order valence-corrected chi connectivity index (χ2v) is 11.7. The van der Waals surface area contributed by atoms with E-state index in [2.05, 4.69) is 40.0 Å². The van der Waals surface area contributed by atoms with Gasteiger partial charge >= 0.3 is 0 Å². The van der Waals surface area contributed by atoms with Gasteiger partial charge in [-0.1, -0.05) is 43.5 Å². The number of hydrogen-bond donors (Lipinski definition) is 1. The molecule has 1 N–H and O–H groups in total. The van der Waals surface area contributed by atoms with Crippen molar-refractivity contribution < 1.29 is 14.0 Å². The molecule has 2 fully saturated rings. The van der Waals surface area contributed by atoms with Crippen LogP contribution in [0.5, 0.6) is 0 Å². The number of Topliss-reactive ketones (excluding diaryl/α,β-unsaturated/α-hetero) is 1. The van der Waals surface area contributed by atoms with E-state index in [4.69, 9.17) is 0 Å². The van der Waals surface area contributed by atoms with E-state index in [0.717, 1.165) is 72.7 Å².